The molecule has 1 saturated heterocycles. The van der Waals surface area contributed by atoms with Crippen LogP contribution in [0.5, 0.6) is 0 Å². The Morgan fingerprint density at radius 1 is 1.15 bits per heavy atom. The summed E-state index contributed by atoms with van der Waals surface area (Å²) >= 11 is 5.88. The summed E-state index contributed by atoms with van der Waals surface area (Å²) in [5.74, 6) is -0.968. The standard InChI is InChI=1S/C21H19ClN2O3/c1-2-12-23(19(25)13-15-6-4-3-5-7-15)18-14-20(26)24(21(18)27)17-10-8-16(22)9-11-17/h2-11,18H,1,12-14H2. The van der Waals surface area contributed by atoms with E-state index in [1.807, 2.05) is 30.3 Å². The number of anilines is 1. The van der Waals surface area contributed by atoms with E-state index < -0.39 is 11.9 Å². The van der Waals surface area contributed by atoms with Crippen LogP contribution >= 0.6 is 11.6 Å². The van der Waals surface area contributed by atoms with E-state index in [9.17, 15) is 14.4 Å². The summed E-state index contributed by atoms with van der Waals surface area (Å²) in [5, 5.41) is 0.515. The van der Waals surface area contributed by atoms with Gasteiger partial charge in [0.05, 0.1) is 18.5 Å². The molecular weight excluding hydrogens is 364 g/mol. The molecule has 0 bridgehead atoms. The summed E-state index contributed by atoms with van der Waals surface area (Å²) < 4.78 is 0. The minimum Gasteiger partial charge on any atom is -0.326 e. The number of benzene rings is 2. The maximum absolute atomic E-state index is 12.9. The van der Waals surface area contributed by atoms with Crippen LogP contribution in [0.15, 0.2) is 67.3 Å². The van der Waals surface area contributed by atoms with Crippen molar-refractivity contribution in [1.82, 2.24) is 4.90 Å². The van der Waals surface area contributed by atoms with Gasteiger partial charge in [0.25, 0.3) is 5.91 Å². The van der Waals surface area contributed by atoms with Gasteiger partial charge in [0.15, 0.2) is 0 Å². The highest BCUT2D eigenvalue weighted by Gasteiger charge is 2.43. The Balaban J connectivity index is 1.82. The fourth-order valence-corrected chi connectivity index (χ4v) is 3.26. The lowest BCUT2D eigenvalue weighted by molar-refractivity contribution is -0.137. The number of hydrogen-bond acceptors (Lipinski definition) is 3. The van der Waals surface area contributed by atoms with Gasteiger partial charge in [0, 0.05) is 11.6 Å². The molecule has 1 heterocycles. The Morgan fingerprint density at radius 3 is 2.44 bits per heavy atom. The molecule has 3 amide bonds. The summed E-state index contributed by atoms with van der Waals surface area (Å²) in [7, 11) is 0. The normalized spacial score (nSPS) is 16.5. The second-order valence-corrected chi connectivity index (χ2v) is 6.70. The second kappa shape index (κ2) is 8.18. The third-order valence-corrected chi connectivity index (χ3v) is 4.68. The Hall–Kier alpha value is -2.92. The number of carbonyl (C=O) groups excluding carboxylic acids is 3. The van der Waals surface area contributed by atoms with Gasteiger partial charge in [0.1, 0.15) is 6.04 Å². The molecule has 5 nitrogen and oxygen atoms in total. The predicted molar refractivity (Wildman–Crippen MR) is 104 cm³/mol. The first-order valence-electron chi connectivity index (χ1n) is 8.58. The Morgan fingerprint density at radius 2 is 1.81 bits per heavy atom. The highest BCUT2D eigenvalue weighted by molar-refractivity contribution is 6.30. The molecule has 0 radical (unpaired) electrons. The number of amides is 3. The zero-order valence-corrected chi connectivity index (χ0v) is 15.4. The van der Waals surface area contributed by atoms with E-state index in [4.69, 9.17) is 11.6 Å². The maximum atomic E-state index is 12.9. The van der Waals surface area contributed by atoms with Crippen molar-refractivity contribution < 1.29 is 14.4 Å². The van der Waals surface area contributed by atoms with E-state index in [2.05, 4.69) is 6.58 Å². The molecule has 0 aromatic heterocycles. The van der Waals surface area contributed by atoms with Crippen molar-refractivity contribution in [3.63, 3.8) is 0 Å². The maximum Gasteiger partial charge on any atom is 0.257 e. The molecule has 1 unspecified atom stereocenters. The number of imide groups is 1. The van der Waals surface area contributed by atoms with E-state index in [0.29, 0.717) is 10.7 Å². The van der Waals surface area contributed by atoms with E-state index in [-0.39, 0.29) is 31.2 Å². The number of hydrogen-bond donors (Lipinski definition) is 0. The van der Waals surface area contributed by atoms with Crippen LogP contribution in [0.3, 0.4) is 0 Å². The monoisotopic (exact) mass is 382 g/mol. The van der Waals surface area contributed by atoms with Gasteiger partial charge in [-0.2, -0.15) is 0 Å². The molecule has 1 atom stereocenters. The third-order valence-electron chi connectivity index (χ3n) is 4.43. The van der Waals surface area contributed by atoms with E-state index in [1.165, 1.54) is 4.90 Å². The highest BCUT2D eigenvalue weighted by atomic mass is 35.5. The minimum atomic E-state index is -0.831. The van der Waals surface area contributed by atoms with Crippen molar-refractivity contribution in [1.29, 1.82) is 0 Å². The first kappa shape index (κ1) is 18.9. The summed E-state index contributed by atoms with van der Waals surface area (Å²) in [5.41, 5.74) is 1.30. The lowest BCUT2D eigenvalue weighted by Crippen LogP contribution is -2.46. The largest absolute Gasteiger partial charge is 0.326 e. The van der Waals surface area contributed by atoms with Crippen LogP contribution in [-0.2, 0) is 20.8 Å². The van der Waals surface area contributed by atoms with Gasteiger partial charge < -0.3 is 4.90 Å². The van der Waals surface area contributed by atoms with Crippen LogP contribution in [0.25, 0.3) is 0 Å². The summed E-state index contributed by atoms with van der Waals surface area (Å²) in [6.45, 7) is 3.87. The molecule has 1 aliphatic heterocycles. The van der Waals surface area contributed by atoms with Crippen LogP contribution < -0.4 is 4.90 Å². The van der Waals surface area contributed by atoms with E-state index in [1.54, 1.807) is 30.3 Å². The molecule has 27 heavy (non-hydrogen) atoms. The van der Waals surface area contributed by atoms with Crippen molar-refractivity contribution in [2.24, 2.45) is 0 Å². The Kier molecular flexibility index (Phi) is 5.72. The molecule has 3 rings (SSSR count). The van der Waals surface area contributed by atoms with Crippen LogP contribution in [0.1, 0.15) is 12.0 Å². The van der Waals surface area contributed by atoms with Gasteiger partial charge in [-0.3, -0.25) is 14.4 Å². The van der Waals surface area contributed by atoms with Crippen molar-refractivity contribution >= 4 is 35.0 Å². The average molecular weight is 383 g/mol. The SMILES string of the molecule is C=CCN(C(=O)Cc1ccccc1)C1CC(=O)N(c2ccc(Cl)cc2)C1=O. The van der Waals surface area contributed by atoms with Gasteiger partial charge in [-0.25, -0.2) is 4.90 Å². The number of carbonyl (C=O) groups is 3. The zero-order chi connectivity index (χ0) is 19.4. The molecule has 0 saturated carbocycles. The van der Waals surface area contributed by atoms with Crippen LogP contribution in [0.2, 0.25) is 5.02 Å². The van der Waals surface area contributed by atoms with E-state index in [0.717, 1.165) is 10.5 Å². The Labute approximate surface area is 162 Å². The lowest BCUT2D eigenvalue weighted by Gasteiger charge is -2.26. The van der Waals surface area contributed by atoms with Crippen molar-refractivity contribution in [2.45, 2.75) is 18.9 Å². The fraction of sp³-hybridized carbons (Fsp3) is 0.190. The molecule has 138 valence electrons. The van der Waals surface area contributed by atoms with Gasteiger partial charge in [0.2, 0.25) is 11.8 Å². The molecule has 0 aliphatic carbocycles. The van der Waals surface area contributed by atoms with Crippen molar-refractivity contribution in [3.8, 4) is 0 Å². The number of halogens is 1. The second-order valence-electron chi connectivity index (χ2n) is 6.26. The molecular formula is C21H19ClN2O3. The summed E-state index contributed by atoms with van der Waals surface area (Å²) in [6.07, 6.45) is 1.68. The zero-order valence-electron chi connectivity index (χ0n) is 14.7. The summed E-state index contributed by atoms with van der Waals surface area (Å²) in [6, 6.07) is 14.9. The smallest absolute Gasteiger partial charge is 0.257 e. The summed E-state index contributed by atoms with van der Waals surface area (Å²) in [4.78, 5) is 40.7. The number of nitrogens with zero attached hydrogens (tertiary/aromatic N) is 2. The van der Waals surface area contributed by atoms with Gasteiger partial charge in [-0.1, -0.05) is 48.0 Å². The quantitative estimate of drug-likeness (QED) is 0.569. The predicted octanol–water partition coefficient (Wildman–Crippen LogP) is 3.23. The molecule has 2 aromatic carbocycles. The minimum absolute atomic E-state index is 0.0458. The fourth-order valence-electron chi connectivity index (χ4n) is 3.13. The first-order valence-corrected chi connectivity index (χ1v) is 8.95. The first-order chi connectivity index (χ1) is 13.0. The van der Waals surface area contributed by atoms with Gasteiger partial charge >= 0.3 is 0 Å². The molecule has 1 fully saturated rings. The molecule has 1 aliphatic rings. The number of rotatable bonds is 6. The van der Waals surface area contributed by atoms with Crippen LogP contribution in [0.4, 0.5) is 5.69 Å². The molecule has 0 N–H and O–H groups in total. The molecule has 2 aromatic rings. The van der Waals surface area contributed by atoms with Crippen molar-refractivity contribution in [3.05, 3.63) is 77.8 Å². The van der Waals surface area contributed by atoms with Crippen LogP contribution in [0, 0.1) is 0 Å². The Bertz CT molecular complexity index is 865. The topological polar surface area (TPSA) is 57.7 Å². The highest BCUT2D eigenvalue weighted by Crippen LogP contribution is 2.27. The van der Waals surface area contributed by atoms with Gasteiger partial charge in [-0.15, -0.1) is 6.58 Å². The molecule has 0 spiro atoms. The molecule has 6 heteroatoms. The van der Waals surface area contributed by atoms with Crippen molar-refractivity contribution in [2.75, 3.05) is 11.4 Å². The van der Waals surface area contributed by atoms with Gasteiger partial charge in [-0.05, 0) is 29.8 Å². The van der Waals surface area contributed by atoms with Crippen LogP contribution in [-0.4, -0.2) is 35.2 Å². The third kappa shape index (κ3) is 4.09. The lowest BCUT2D eigenvalue weighted by atomic mass is 10.1. The average Bonchev–Trinajstić information content (AvgIpc) is 2.95. The van der Waals surface area contributed by atoms with E-state index >= 15 is 0 Å².